The Morgan fingerprint density at radius 3 is 2.22 bits per heavy atom. The van der Waals surface area contributed by atoms with E-state index in [1.54, 1.807) is 0 Å². The lowest BCUT2D eigenvalue weighted by atomic mass is 9.97. The molecule has 1 heterocycles. The Morgan fingerprint density at radius 2 is 1.72 bits per heavy atom. The second-order valence-corrected chi connectivity index (χ2v) is 6.27. The molecule has 1 aromatic carbocycles. The zero-order valence-corrected chi connectivity index (χ0v) is 12.6. The Hall–Kier alpha value is -1.12. The van der Waals surface area contributed by atoms with Gasteiger partial charge in [-0.25, -0.2) is 0 Å². The summed E-state index contributed by atoms with van der Waals surface area (Å²) in [5.74, 6) is 0. The summed E-state index contributed by atoms with van der Waals surface area (Å²) in [6.45, 7) is 8.72. The van der Waals surface area contributed by atoms with Crippen LogP contribution in [0.1, 0.15) is 38.0 Å². The van der Waals surface area contributed by atoms with Crippen LogP contribution in [0.5, 0.6) is 0 Å². The molecular formula is C16H21NS. The average molecular weight is 259 g/mol. The van der Waals surface area contributed by atoms with Crippen LogP contribution in [0.15, 0.2) is 24.3 Å². The van der Waals surface area contributed by atoms with Crippen LogP contribution in [0.25, 0.3) is 0 Å². The molecule has 1 N–H and O–H groups in total. The van der Waals surface area contributed by atoms with E-state index >= 15 is 0 Å². The van der Waals surface area contributed by atoms with Crippen molar-refractivity contribution in [3.05, 3.63) is 56.3 Å². The average Bonchev–Trinajstić information content (AvgIpc) is 2.62. The number of thiophene rings is 1. The van der Waals surface area contributed by atoms with Gasteiger partial charge < -0.3 is 5.32 Å². The summed E-state index contributed by atoms with van der Waals surface area (Å²) in [6, 6.07) is 9.29. The highest BCUT2D eigenvalue weighted by molar-refractivity contribution is 7.12. The molecule has 0 saturated carbocycles. The van der Waals surface area contributed by atoms with Crippen molar-refractivity contribution in [2.24, 2.45) is 0 Å². The molecule has 18 heavy (non-hydrogen) atoms. The van der Waals surface area contributed by atoms with Gasteiger partial charge in [-0.2, -0.15) is 0 Å². The number of hydrogen-bond donors (Lipinski definition) is 1. The normalized spacial score (nSPS) is 12.7. The molecule has 2 heteroatoms. The fourth-order valence-electron chi connectivity index (χ4n) is 2.52. The number of nitrogens with one attached hydrogen (secondary N) is 1. The molecule has 0 aliphatic carbocycles. The van der Waals surface area contributed by atoms with Gasteiger partial charge in [-0.1, -0.05) is 23.8 Å². The van der Waals surface area contributed by atoms with Crippen molar-refractivity contribution >= 4 is 11.3 Å². The minimum Gasteiger partial charge on any atom is -0.309 e. The summed E-state index contributed by atoms with van der Waals surface area (Å²) in [4.78, 5) is 2.81. The number of rotatable bonds is 3. The van der Waals surface area contributed by atoms with Crippen LogP contribution in [-0.4, -0.2) is 7.05 Å². The van der Waals surface area contributed by atoms with Gasteiger partial charge >= 0.3 is 0 Å². The zero-order valence-electron chi connectivity index (χ0n) is 11.8. The molecule has 0 bridgehead atoms. The molecule has 0 spiro atoms. The smallest absolute Gasteiger partial charge is 0.0673 e. The van der Waals surface area contributed by atoms with Crippen molar-refractivity contribution in [3.8, 4) is 0 Å². The van der Waals surface area contributed by atoms with Gasteiger partial charge in [0.2, 0.25) is 0 Å². The van der Waals surface area contributed by atoms with E-state index in [-0.39, 0.29) is 0 Å². The highest BCUT2D eigenvalue weighted by Crippen LogP contribution is 2.33. The predicted octanol–water partition coefficient (Wildman–Crippen LogP) is 4.29. The Kier molecular flexibility index (Phi) is 3.88. The first-order chi connectivity index (χ1) is 8.52. The van der Waals surface area contributed by atoms with Gasteiger partial charge in [0.15, 0.2) is 0 Å². The van der Waals surface area contributed by atoms with E-state index in [1.165, 1.54) is 32.0 Å². The second kappa shape index (κ2) is 5.25. The lowest BCUT2D eigenvalue weighted by Crippen LogP contribution is -2.18. The van der Waals surface area contributed by atoms with E-state index in [2.05, 4.69) is 57.3 Å². The Bertz CT molecular complexity index is 554. The van der Waals surface area contributed by atoms with E-state index in [0.29, 0.717) is 6.04 Å². The molecule has 0 aliphatic heterocycles. The van der Waals surface area contributed by atoms with Crippen molar-refractivity contribution in [2.75, 3.05) is 7.05 Å². The molecule has 2 rings (SSSR count). The Labute approximate surface area is 114 Å². The summed E-state index contributed by atoms with van der Waals surface area (Å²) >= 11 is 1.89. The standard InChI is InChI=1S/C16H21NS/c1-10-6-7-14(11(2)8-10)15(17-5)16-12(3)9-13(4)18-16/h6-9,15,17H,1-5H3. The molecule has 2 aromatic rings. The van der Waals surface area contributed by atoms with Gasteiger partial charge in [0, 0.05) is 9.75 Å². The van der Waals surface area contributed by atoms with Gasteiger partial charge in [-0.15, -0.1) is 11.3 Å². The second-order valence-electron chi connectivity index (χ2n) is 4.99. The van der Waals surface area contributed by atoms with E-state index in [4.69, 9.17) is 0 Å². The van der Waals surface area contributed by atoms with Crippen LogP contribution in [0, 0.1) is 27.7 Å². The third-order valence-electron chi connectivity index (χ3n) is 3.37. The largest absolute Gasteiger partial charge is 0.309 e. The van der Waals surface area contributed by atoms with Gasteiger partial charge in [0.25, 0.3) is 0 Å². The maximum atomic E-state index is 3.46. The van der Waals surface area contributed by atoms with E-state index in [0.717, 1.165) is 0 Å². The number of benzene rings is 1. The Morgan fingerprint density at radius 1 is 1.00 bits per heavy atom. The monoisotopic (exact) mass is 259 g/mol. The Balaban J connectivity index is 2.48. The molecule has 0 amide bonds. The quantitative estimate of drug-likeness (QED) is 0.867. The van der Waals surface area contributed by atoms with E-state index in [9.17, 15) is 0 Å². The maximum absolute atomic E-state index is 3.46. The van der Waals surface area contributed by atoms with Crippen LogP contribution in [0.3, 0.4) is 0 Å². The molecule has 0 radical (unpaired) electrons. The van der Waals surface area contributed by atoms with Crippen LogP contribution >= 0.6 is 11.3 Å². The topological polar surface area (TPSA) is 12.0 Å². The molecule has 1 aromatic heterocycles. The fourth-order valence-corrected chi connectivity index (χ4v) is 3.69. The lowest BCUT2D eigenvalue weighted by Gasteiger charge is -2.19. The van der Waals surface area contributed by atoms with E-state index in [1.807, 2.05) is 18.4 Å². The highest BCUT2D eigenvalue weighted by Gasteiger charge is 2.18. The molecule has 0 saturated heterocycles. The molecule has 1 nitrogen and oxygen atoms in total. The predicted molar refractivity (Wildman–Crippen MR) is 80.6 cm³/mol. The van der Waals surface area contributed by atoms with Crippen molar-refractivity contribution in [1.29, 1.82) is 0 Å². The van der Waals surface area contributed by atoms with Gasteiger partial charge in [-0.05, 0) is 57.5 Å². The minimum atomic E-state index is 0.310. The van der Waals surface area contributed by atoms with Crippen molar-refractivity contribution < 1.29 is 0 Å². The first-order valence-electron chi connectivity index (χ1n) is 6.34. The molecular weight excluding hydrogens is 238 g/mol. The molecule has 1 atom stereocenters. The first-order valence-corrected chi connectivity index (χ1v) is 7.16. The molecule has 1 unspecified atom stereocenters. The van der Waals surface area contributed by atoms with Gasteiger partial charge in [0.05, 0.1) is 6.04 Å². The summed E-state index contributed by atoms with van der Waals surface area (Å²) in [7, 11) is 2.04. The van der Waals surface area contributed by atoms with Crippen molar-refractivity contribution in [2.45, 2.75) is 33.7 Å². The summed E-state index contributed by atoms with van der Waals surface area (Å²) in [5, 5.41) is 3.46. The summed E-state index contributed by atoms with van der Waals surface area (Å²) in [5.41, 5.74) is 5.45. The van der Waals surface area contributed by atoms with Crippen molar-refractivity contribution in [3.63, 3.8) is 0 Å². The number of aryl methyl sites for hydroxylation is 4. The van der Waals surface area contributed by atoms with Crippen LogP contribution in [-0.2, 0) is 0 Å². The van der Waals surface area contributed by atoms with Crippen LogP contribution in [0.2, 0.25) is 0 Å². The van der Waals surface area contributed by atoms with E-state index < -0.39 is 0 Å². The molecule has 0 fully saturated rings. The third kappa shape index (κ3) is 2.50. The fraction of sp³-hybridized carbons (Fsp3) is 0.375. The van der Waals surface area contributed by atoms with Crippen LogP contribution in [0.4, 0.5) is 0 Å². The summed E-state index contributed by atoms with van der Waals surface area (Å²) in [6.07, 6.45) is 0. The zero-order chi connectivity index (χ0) is 13.3. The molecule has 96 valence electrons. The number of hydrogen-bond acceptors (Lipinski definition) is 2. The minimum absolute atomic E-state index is 0.310. The van der Waals surface area contributed by atoms with Gasteiger partial charge in [0.1, 0.15) is 0 Å². The maximum Gasteiger partial charge on any atom is 0.0673 e. The highest BCUT2D eigenvalue weighted by atomic mass is 32.1. The third-order valence-corrected chi connectivity index (χ3v) is 4.58. The molecule has 0 aliphatic rings. The summed E-state index contributed by atoms with van der Waals surface area (Å²) < 4.78 is 0. The lowest BCUT2D eigenvalue weighted by molar-refractivity contribution is 0.695. The van der Waals surface area contributed by atoms with Gasteiger partial charge in [-0.3, -0.25) is 0 Å². The van der Waals surface area contributed by atoms with Crippen LogP contribution < -0.4 is 5.32 Å². The SMILES string of the molecule is CNC(c1ccc(C)cc1C)c1sc(C)cc1C. The first kappa shape index (κ1) is 13.3. The van der Waals surface area contributed by atoms with Crippen molar-refractivity contribution in [1.82, 2.24) is 5.32 Å².